The minimum atomic E-state index is -0.577. The number of ether oxygens (including phenoxy) is 1. The highest BCUT2D eigenvalue weighted by atomic mass is 79.9. The van der Waals surface area contributed by atoms with Crippen LogP contribution >= 0.6 is 28.1 Å². The van der Waals surface area contributed by atoms with Crippen LogP contribution in [0.4, 0.5) is 5.69 Å². The zero-order valence-corrected chi connectivity index (χ0v) is 17.6. The number of hydrogen-bond donors (Lipinski definition) is 2. The Labute approximate surface area is 175 Å². The van der Waals surface area contributed by atoms with Crippen LogP contribution in [0, 0.1) is 6.92 Å². The van der Waals surface area contributed by atoms with E-state index in [1.807, 2.05) is 13.0 Å². The molecule has 1 saturated heterocycles. The molecule has 144 valence electrons. The highest BCUT2D eigenvalue weighted by Gasteiger charge is 2.35. The molecule has 0 unspecified atom stereocenters. The maximum Gasteiger partial charge on any atom is 0.270 e. The molecule has 0 aromatic heterocycles. The topological polar surface area (TPSA) is 78.9 Å². The molecule has 0 radical (unpaired) electrons. The first-order valence-corrected chi connectivity index (χ1v) is 9.65. The number of benzene rings is 2. The summed E-state index contributed by atoms with van der Waals surface area (Å²) in [5, 5.41) is 12.4. The van der Waals surface area contributed by atoms with Crippen LogP contribution in [0.15, 0.2) is 46.4 Å². The second-order valence-electron chi connectivity index (χ2n) is 6.05. The second kappa shape index (κ2) is 8.12. The number of aromatic hydroxyl groups is 1. The molecule has 0 spiro atoms. The van der Waals surface area contributed by atoms with Gasteiger partial charge in [-0.05, 0) is 73.6 Å². The fourth-order valence-electron chi connectivity index (χ4n) is 2.80. The predicted octanol–water partition coefficient (Wildman–Crippen LogP) is 3.69. The van der Waals surface area contributed by atoms with Crippen molar-refractivity contribution in [3.63, 3.8) is 0 Å². The first-order valence-electron chi connectivity index (χ1n) is 8.45. The Kier molecular flexibility index (Phi) is 5.81. The zero-order valence-electron chi connectivity index (χ0n) is 15.2. The summed E-state index contributed by atoms with van der Waals surface area (Å²) in [5.74, 6) is -0.842. The highest BCUT2D eigenvalue weighted by Crippen LogP contribution is 2.30. The number of aryl methyl sites for hydroxylation is 1. The summed E-state index contributed by atoms with van der Waals surface area (Å²) in [5.41, 5.74) is 1.89. The molecule has 1 fully saturated rings. The number of thiocarbonyl (C=S) groups is 1. The van der Waals surface area contributed by atoms with E-state index in [2.05, 4.69) is 21.2 Å². The van der Waals surface area contributed by atoms with Crippen LogP contribution in [0.2, 0.25) is 0 Å². The average Bonchev–Trinajstić information content (AvgIpc) is 2.63. The Morgan fingerprint density at radius 2 is 2.00 bits per heavy atom. The highest BCUT2D eigenvalue weighted by molar-refractivity contribution is 9.10. The fraction of sp³-hybridized carbons (Fsp3) is 0.150. The lowest BCUT2D eigenvalue weighted by atomic mass is 10.1. The summed E-state index contributed by atoms with van der Waals surface area (Å²) < 4.78 is 6.23. The van der Waals surface area contributed by atoms with Gasteiger partial charge >= 0.3 is 0 Å². The van der Waals surface area contributed by atoms with Crippen molar-refractivity contribution in [3.8, 4) is 11.5 Å². The van der Waals surface area contributed by atoms with Crippen molar-refractivity contribution in [1.82, 2.24) is 5.32 Å². The number of carbonyl (C=O) groups is 2. The maximum atomic E-state index is 13.1. The molecule has 0 aliphatic carbocycles. The number of anilines is 1. The molecule has 8 heteroatoms. The number of carbonyl (C=O) groups excluding carboxylic acids is 2. The van der Waals surface area contributed by atoms with Crippen molar-refractivity contribution in [3.05, 3.63) is 57.6 Å². The molecular formula is C20H17BrN2O4S. The third-order valence-electron chi connectivity index (χ3n) is 4.10. The van der Waals surface area contributed by atoms with Gasteiger partial charge in [-0.15, -0.1) is 0 Å². The summed E-state index contributed by atoms with van der Waals surface area (Å²) in [6.07, 6.45) is 1.45. The quantitative estimate of drug-likeness (QED) is 0.413. The number of amides is 2. The van der Waals surface area contributed by atoms with Crippen LogP contribution in [-0.4, -0.2) is 28.6 Å². The average molecular weight is 461 g/mol. The van der Waals surface area contributed by atoms with Gasteiger partial charge in [0, 0.05) is 4.47 Å². The van der Waals surface area contributed by atoms with E-state index >= 15 is 0 Å². The molecule has 0 saturated carbocycles. The molecular weight excluding hydrogens is 444 g/mol. The van der Waals surface area contributed by atoms with E-state index in [0.717, 1.165) is 10.0 Å². The number of phenolic OH excluding ortho intramolecular Hbond substituents is 1. The van der Waals surface area contributed by atoms with Crippen LogP contribution in [0.1, 0.15) is 18.1 Å². The van der Waals surface area contributed by atoms with Crippen molar-refractivity contribution in [1.29, 1.82) is 0 Å². The smallest absolute Gasteiger partial charge is 0.270 e. The summed E-state index contributed by atoms with van der Waals surface area (Å²) in [7, 11) is 0. The Balaban J connectivity index is 2.02. The third kappa shape index (κ3) is 3.93. The standard InChI is InChI=1S/C20H17BrN2O4S/c1-3-27-17-10-12(4-7-16(17)24)9-14-18(25)22-20(28)23(19(14)26)15-6-5-13(21)8-11(15)2/h4-10,24H,3H2,1-2H3,(H,22,25,28). The molecule has 3 rings (SSSR count). The Morgan fingerprint density at radius 1 is 1.25 bits per heavy atom. The monoisotopic (exact) mass is 460 g/mol. The lowest BCUT2D eigenvalue weighted by Gasteiger charge is -2.30. The van der Waals surface area contributed by atoms with Crippen molar-refractivity contribution in [2.24, 2.45) is 0 Å². The van der Waals surface area contributed by atoms with Crippen molar-refractivity contribution in [2.75, 3.05) is 11.5 Å². The molecule has 2 aromatic rings. The van der Waals surface area contributed by atoms with Crippen molar-refractivity contribution < 1.29 is 19.4 Å². The Hall–Kier alpha value is -2.71. The van der Waals surface area contributed by atoms with Gasteiger partial charge in [-0.1, -0.05) is 22.0 Å². The molecule has 1 heterocycles. The molecule has 2 aromatic carbocycles. The van der Waals surface area contributed by atoms with Crippen molar-refractivity contribution >= 4 is 56.8 Å². The zero-order chi connectivity index (χ0) is 20.4. The van der Waals surface area contributed by atoms with E-state index in [0.29, 0.717) is 17.9 Å². The first-order chi connectivity index (χ1) is 13.3. The molecule has 6 nitrogen and oxygen atoms in total. The normalized spacial score (nSPS) is 15.8. The third-order valence-corrected chi connectivity index (χ3v) is 4.87. The van der Waals surface area contributed by atoms with Gasteiger partial charge in [-0.25, -0.2) is 0 Å². The number of rotatable bonds is 4. The van der Waals surface area contributed by atoms with Gasteiger partial charge in [-0.3, -0.25) is 19.8 Å². The lowest BCUT2D eigenvalue weighted by molar-refractivity contribution is -0.122. The number of hydrogen-bond acceptors (Lipinski definition) is 5. The first kappa shape index (κ1) is 20.0. The molecule has 0 atom stereocenters. The molecule has 2 N–H and O–H groups in total. The van der Waals surface area contributed by atoms with E-state index in [-0.39, 0.29) is 22.2 Å². The van der Waals surface area contributed by atoms with E-state index in [4.69, 9.17) is 17.0 Å². The van der Waals surface area contributed by atoms with Gasteiger partial charge in [0.25, 0.3) is 11.8 Å². The van der Waals surface area contributed by atoms with Gasteiger partial charge in [0.1, 0.15) is 5.57 Å². The summed E-state index contributed by atoms with van der Waals surface area (Å²) in [4.78, 5) is 26.8. The van der Waals surface area contributed by atoms with Gasteiger partial charge in [-0.2, -0.15) is 0 Å². The molecule has 0 bridgehead atoms. The molecule has 1 aliphatic rings. The number of halogens is 1. The maximum absolute atomic E-state index is 13.1. The van der Waals surface area contributed by atoms with E-state index in [1.54, 1.807) is 31.2 Å². The van der Waals surface area contributed by atoms with Crippen LogP contribution in [0.3, 0.4) is 0 Å². The summed E-state index contributed by atoms with van der Waals surface area (Å²) in [6.45, 7) is 4.02. The minimum Gasteiger partial charge on any atom is -0.504 e. The van der Waals surface area contributed by atoms with E-state index in [9.17, 15) is 14.7 Å². The van der Waals surface area contributed by atoms with Crippen LogP contribution in [-0.2, 0) is 9.59 Å². The number of nitrogens with one attached hydrogen (secondary N) is 1. The molecule has 28 heavy (non-hydrogen) atoms. The van der Waals surface area contributed by atoms with Crippen LogP contribution < -0.4 is 15.0 Å². The lowest BCUT2D eigenvalue weighted by Crippen LogP contribution is -2.54. The summed E-state index contributed by atoms with van der Waals surface area (Å²) in [6, 6.07) is 10.0. The number of nitrogens with zero attached hydrogens (tertiary/aromatic N) is 1. The molecule has 1 aliphatic heterocycles. The summed E-state index contributed by atoms with van der Waals surface area (Å²) >= 11 is 8.62. The van der Waals surface area contributed by atoms with Crippen LogP contribution in [0.25, 0.3) is 6.08 Å². The SMILES string of the molecule is CCOc1cc(C=C2C(=O)NC(=S)N(c3ccc(Br)cc3C)C2=O)ccc1O. The van der Waals surface area contributed by atoms with E-state index in [1.165, 1.54) is 17.0 Å². The molecule has 2 amide bonds. The van der Waals surface area contributed by atoms with E-state index < -0.39 is 11.8 Å². The van der Waals surface area contributed by atoms with Gasteiger partial charge in [0.05, 0.1) is 12.3 Å². The minimum absolute atomic E-state index is 0.0169. The van der Waals surface area contributed by atoms with Gasteiger partial charge < -0.3 is 9.84 Å². The second-order valence-corrected chi connectivity index (χ2v) is 7.35. The Morgan fingerprint density at radius 3 is 2.68 bits per heavy atom. The Bertz CT molecular complexity index is 1020. The fourth-order valence-corrected chi connectivity index (χ4v) is 3.55. The number of phenols is 1. The van der Waals surface area contributed by atoms with Gasteiger partial charge in [0.2, 0.25) is 0 Å². The van der Waals surface area contributed by atoms with Crippen LogP contribution in [0.5, 0.6) is 11.5 Å². The van der Waals surface area contributed by atoms with Crippen molar-refractivity contribution in [2.45, 2.75) is 13.8 Å². The predicted molar refractivity (Wildman–Crippen MR) is 114 cm³/mol. The largest absolute Gasteiger partial charge is 0.504 e. The van der Waals surface area contributed by atoms with Gasteiger partial charge in [0.15, 0.2) is 16.6 Å².